The van der Waals surface area contributed by atoms with Crippen LogP contribution in [0.15, 0.2) is 24.3 Å². The molecule has 0 saturated carbocycles. The molecular weight excluding hydrogens is 673 g/mol. The summed E-state index contributed by atoms with van der Waals surface area (Å²) in [5, 5.41) is 0. The zero-order chi connectivity index (χ0) is 38.4. The number of nitrogens with zero attached hydrogens (tertiary/aromatic N) is 1. The summed E-state index contributed by atoms with van der Waals surface area (Å²) < 4.78 is 35.0. The zero-order valence-corrected chi connectivity index (χ0v) is 35.7. The minimum Gasteiger partial charge on any atom is -0.457 e. The highest BCUT2D eigenvalue weighted by atomic mass is 31.2. The van der Waals surface area contributed by atoms with E-state index >= 15 is 0 Å². The van der Waals surface area contributed by atoms with E-state index in [4.69, 9.17) is 18.5 Å². The van der Waals surface area contributed by atoms with Gasteiger partial charge in [0.1, 0.15) is 19.3 Å². The Bertz CT molecular complexity index is 889. The molecule has 0 bridgehead atoms. The van der Waals surface area contributed by atoms with Gasteiger partial charge in [-0.2, -0.15) is 0 Å². The first kappa shape index (κ1) is 51.0. The Morgan fingerprint density at radius 2 is 1.06 bits per heavy atom. The molecule has 0 heterocycles. The molecule has 0 radical (unpaired) electrons. The number of unbranched alkanes of at least 4 members (excludes halogenated alkanes) is 22. The summed E-state index contributed by atoms with van der Waals surface area (Å²) in [7, 11) is 1.67. The van der Waals surface area contributed by atoms with E-state index in [-0.39, 0.29) is 25.8 Å². The van der Waals surface area contributed by atoms with Gasteiger partial charge in [0.25, 0.3) is 0 Å². The molecule has 0 fully saturated rings. The number of phosphoric acid groups is 1. The van der Waals surface area contributed by atoms with Gasteiger partial charge in [-0.3, -0.25) is 13.8 Å². The summed E-state index contributed by atoms with van der Waals surface area (Å²) in [6, 6.07) is 0. The smallest absolute Gasteiger partial charge is 0.457 e. The molecule has 0 aromatic carbocycles. The van der Waals surface area contributed by atoms with E-state index in [1.807, 2.05) is 21.1 Å². The van der Waals surface area contributed by atoms with Crippen LogP contribution in [0.25, 0.3) is 0 Å². The maximum Gasteiger partial charge on any atom is 0.472 e. The Hall–Kier alpha value is -1.02. The van der Waals surface area contributed by atoms with Crippen LogP contribution in [0.5, 0.6) is 0 Å². The third kappa shape index (κ3) is 40.2. The first-order chi connectivity index (χ1) is 25.1. The Kier molecular flexibility index (Phi) is 36.2. The van der Waals surface area contributed by atoms with Gasteiger partial charge in [-0.1, -0.05) is 160 Å². The third-order valence-corrected chi connectivity index (χ3v) is 10.2. The van der Waals surface area contributed by atoms with Gasteiger partial charge in [-0.25, -0.2) is 4.57 Å². The number of quaternary nitrogens is 1. The van der Waals surface area contributed by atoms with Crippen molar-refractivity contribution in [3.8, 4) is 0 Å². The summed E-state index contributed by atoms with van der Waals surface area (Å²) >= 11 is 0. The summed E-state index contributed by atoms with van der Waals surface area (Å²) in [4.78, 5) is 22.8. The van der Waals surface area contributed by atoms with Gasteiger partial charge < -0.3 is 18.9 Å². The van der Waals surface area contributed by atoms with Crippen LogP contribution >= 0.6 is 7.82 Å². The van der Waals surface area contributed by atoms with Crippen LogP contribution in [0.1, 0.15) is 187 Å². The fourth-order valence-electron chi connectivity index (χ4n) is 5.88. The van der Waals surface area contributed by atoms with Crippen LogP contribution in [-0.4, -0.2) is 75.6 Å². The molecule has 0 spiro atoms. The molecule has 0 aromatic heterocycles. The molecule has 308 valence electrons. The van der Waals surface area contributed by atoms with E-state index in [9.17, 15) is 14.3 Å². The topological polar surface area (TPSA) is 91.3 Å². The number of phosphoric ester groups is 1. The van der Waals surface area contributed by atoms with E-state index in [2.05, 4.69) is 38.2 Å². The number of carbonyl (C=O) groups is 1. The molecular formula is C43H85NO7P+. The highest BCUT2D eigenvalue weighted by Crippen LogP contribution is 2.43. The fraction of sp³-hybridized carbons (Fsp3) is 0.884. The summed E-state index contributed by atoms with van der Waals surface area (Å²) in [5.41, 5.74) is 0. The van der Waals surface area contributed by atoms with Crippen molar-refractivity contribution in [1.29, 1.82) is 0 Å². The Morgan fingerprint density at radius 1 is 0.596 bits per heavy atom. The number of carbonyl (C=O) groups excluding carboxylic acids is 1. The van der Waals surface area contributed by atoms with Crippen LogP contribution in [0.3, 0.4) is 0 Å². The van der Waals surface area contributed by atoms with Gasteiger partial charge in [0.15, 0.2) is 0 Å². The number of allylic oxidation sites excluding steroid dienone is 4. The van der Waals surface area contributed by atoms with Crippen molar-refractivity contribution in [3.05, 3.63) is 24.3 Å². The number of likely N-dealkylation sites (N-methyl/N-ethyl adjacent to an activating group) is 1. The van der Waals surface area contributed by atoms with Gasteiger partial charge in [-0.05, 0) is 44.9 Å². The fourth-order valence-corrected chi connectivity index (χ4v) is 6.62. The second-order valence-corrected chi connectivity index (χ2v) is 17.2. The minimum absolute atomic E-state index is 0.0892. The van der Waals surface area contributed by atoms with Crippen molar-refractivity contribution >= 4 is 13.8 Å². The molecule has 0 aliphatic rings. The quantitative estimate of drug-likeness (QED) is 0.0219. The van der Waals surface area contributed by atoms with E-state index in [1.54, 1.807) is 0 Å². The van der Waals surface area contributed by atoms with Gasteiger partial charge in [0.05, 0.1) is 34.4 Å². The highest BCUT2D eigenvalue weighted by Gasteiger charge is 2.26. The van der Waals surface area contributed by atoms with E-state index < -0.39 is 13.9 Å². The zero-order valence-electron chi connectivity index (χ0n) is 34.8. The monoisotopic (exact) mass is 759 g/mol. The molecule has 0 aliphatic carbocycles. The Balaban J connectivity index is 4.21. The van der Waals surface area contributed by atoms with Crippen molar-refractivity contribution in [1.82, 2.24) is 0 Å². The summed E-state index contributed by atoms with van der Waals surface area (Å²) in [5.74, 6) is -0.315. The summed E-state index contributed by atoms with van der Waals surface area (Å²) in [6.45, 7) is 5.60. The SMILES string of the molecule is CCCCC/C=C\C/C=C\CCCCCCCCCCOCC(COP(=O)(O)OCC[N+](C)(C)C)OC(=O)CCCCCCCCCCCCCC. The number of hydrogen-bond acceptors (Lipinski definition) is 6. The van der Waals surface area contributed by atoms with E-state index in [0.717, 1.165) is 38.5 Å². The lowest BCUT2D eigenvalue weighted by atomic mass is 10.0. The van der Waals surface area contributed by atoms with Gasteiger partial charge in [-0.15, -0.1) is 0 Å². The second-order valence-electron chi connectivity index (χ2n) is 15.7. The number of hydrogen-bond donors (Lipinski definition) is 1. The molecule has 2 unspecified atom stereocenters. The number of esters is 1. The molecule has 9 heteroatoms. The van der Waals surface area contributed by atoms with E-state index in [0.29, 0.717) is 24.1 Å². The Morgan fingerprint density at radius 3 is 1.60 bits per heavy atom. The van der Waals surface area contributed by atoms with Crippen molar-refractivity contribution in [2.24, 2.45) is 0 Å². The van der Waals surface area contributed by atoms with Gasteiger partial charge in [0, 0.05) is 13.0 Å². The second kappa shape index (κ2) is 36.9. The predicted molar refractivity (Wildman–Crippen MR) is 220 cm³/mol. The van der Waals surface area contributed by atoms with Crippen LogP contribution in [0.2, 0.25) is 0 Å². The molecule has 0 aromatic rings. The predicted octanol–water partition coefficient (Wildman–Crippen LogP) is 12.4. The minimum atomic E-state index is -4.27. The molecule has 2 atom stereocenters. The lowest BCUT2D eigenvalue weighted by Gasteiger charge is -2.24. The molecule has 8 nitrogen and oxygen atoms in total. The van der Waals surface area contributed by atoms with Crippen LogP contribution in [0, 0.1) is 0 Å². The first-order valence-electron chi connectivity index (χ1n) is 21.6. The van der Waals surface area contributed by atoms with Crippen molar-refractivity contribution in [2.45, 2.75) is 193 Å². The van der Waals surface area contributed by atoms with Crippen LogP contribution < -0.4 is 0 Å². The van der Waals surface area contributed by atoms with Crippen LogP contribution in [0.4, 0.5) is 0 Å². The van der Waals surface area contributed by atoms with Crippen LogP contribution in [-0.2, 0) is 27.9 Å². The number of ether oxygens (including phenoxy) is 2. The van der Waals surface area contributed by atoms with Gasteiger partial charge >= 0.3 is 13.8 Å². The standard InChI is InChI=1S/C43H84NO7P/c1-6-8-10-12-14-16-18-20-21-22-23-24-25-27-29-31-33-35-38-48-40-42(41-50-52(46,47)49-39-37-44(3,4)5)51-43(45)36-34-32-30-28-26-19-17-15-13-11-9-7-2/h14,16,20-21,42H,6-13,15,17-19,22-41H2,1-5H3/p+1/b16-14-,21-20-. The molecule has 0 aliphatic heterocycles. The van der Waals surface area contributed by atoms with Crippen molar-refractivity contribution in [3.63, 3.8) is 0 Å². The van der Waals surface area contributed by atoms with Crippen molar-refractivity contribution in [2.75, 3.05) is 54.1 Å². The highest BCUT2D eigenvalue weighted by molar-refractivity contribution is 7.47. The maximum atomic E-state index is 12.6. The average molecular weight is 759 g/mol. The largest absolute Gasteiger partial charge is 0.472 e. The Labute approximate surface area is 322 Å². The normalized spacial score (nSPS) is 14.0. The lowest BCUT2D eigenvalue weighted by molar-refractivity contribution is -0.870. The van der Waals surface area contributed by atoms with E-state index in [1.165, 1.54) is 128 Å². The van der Waals surface area contributed by atoms with Gasteiger partial charge in [0.2, 0.25) is 0 Å². The number of rotatable bonds is 40. The molecule has 52 heavy (non-hydrogen) atoms. The van der Waals surface area contributed by atoms with Crippen molar-refractivity contribution < 1.29 is 37.3 Å². The maximum absolute atomic E-state index is 12.6. The lowest BCUT2D eigenvalue weighted by Crippen LogP contribution is -2.37. The molecule has 1 N–H and O–H groups in total. The molecule has 0 amide bonds. The molecule has 0 rings (SSSR count). The third-order valence-electron chi connectivity index (χ3n) is 9.27. The average Bonchev–Trinajstić information content (AvgIpc) is 3.09. The first-order valence-corrected chi connectivity index (χ1v) is 23.1. The molecule has 0 saturated heterocycles. The summed E-state index contributed by atoms with van der Waals surface area (Å²) in [6.07, 6.45) is 40.6.